The van der Waals surface area contributed by atoms with Crippen LogP contribution in [-0.2, 0) is 6.42 Å². The highest BCUT2D eigenvalue weighted by atomic mass is 32.1. The number of ether oxygens (including phenoxy) is 2. The van der Waals surface area contributed by atoms with E-state index in [4.69, 9.17) is 14.0 Å². The van der Waals surface area contributed by atoms with E-state index in [2.05, 4.69) is 15.5 Å². The predicted octanol–water partition coefficient (Wildman–Crippen LogP) is 4.30. The van der Waals surface area contributed by atoms with Gasteiger partial charge < -0.3 is 24.2 Å². The summed E-state index contributed by atoms with van der Waals surface area (Å²) in [5.74, 6) is 2.71. The van der Waals surface area contributed by atoms with Crippen LogP contribution in [0.5, 0.6) is 11.5 Å². The van der Waals surface area contributed by atoms with Crippen molar-refractivity contribution in [1.29, 1.82) is 0 Å². The van der Waals surface area contributed by atoms with E-state index in [1.165, 1.54) is 0 Å². The van der Waals surface area contributed by atoms with Crippen LogP contribution in [-0.4, -0.2) is 48.4 Å². The molecule has 9 heteroatoms. The van der Waals surface area contributed by atoms with Crippen LogP contribution in [0.3, 0.4) is 0 Å². The number of nitrogens with zero attached hydrogens (tertiary/aromatic N) is 3. The van der Waals surface area contributed by atoms with E-state index in [9.17, 15) is 4.79 Å². The summed E-state index contributed by atoms with van der Waals surface area (Å²) in [6.07, 6.45) is 2.63. The number of amides is 2. The minimum atomic E-state index is -0.128. The number of anilines is 1. The van der Waals surface area contributed by atoms with Crippen molar-refractivity contribution >= 4 is 23.1 Å². The lowest BCUT2D eigenvalue weighted by Crippen LogP contribution is -2.42. The summed E-state index contributed by atoms with van der Waals surface area (Å²) in [5, 5.41) is 11.0. The van der Waals surface area contributed by atoms with Crippen molar-refractivity contribution in [3.63, 3.8) is 0 Å². The van der Waals surface area contributed by atoms with Gasteiger partial charge in [0.1, 0.15) is 0 Å². The summed E-state index contributed by atoms with van der Waals surface area (Å²) >= 11 is 1.60. The number of methoxy groups -OCH3 is 2. The molecule has 158 valence electrons. The van der Waals surface area contributed by atoms with Gasteiger partial charge in [-0.1, -0.05) is 5.16 Å². The Morgan fingerprint density at radius 3 is 2.93 bits per heavy atom. The molecule has 30 heavy (non-hydrogen) atoms. The fourth-order valence-electron chi connectivity index (χ4n) is 3.63. The maximum atomic E-state index is 12.8. The number of rotatable bonds is 6. The Bertz CT molecular complexity index is 989. The zero-order valence-corrected chi connectivity index (χ0v) is 17.8. The first-order valence-corrected chi connectivity index (χ1v) is 10.7. The minimum Gasteiger partial charge on any atom is -0.493 e. The lowest BCUT2D eigenvalue weighted by molar-refractivity contribution is 0.173. The molecule has 0 aliphatic carbocycles. The molecule has 0 spiro atoms. The van der Waals surface area contributed by atoms with Gasteiger partial charge in [-0.15, -0.1) is 0 Å². The van der Waals surface area contributed by atoms with Crippen LogP contribution >= 0.6 is 11.3 Å². The second-order valence-electron chi connectivity index (χ2n) is 7.18. The van der Waals surface area contributed by atoms with Crippen LogP contribution < -0.4 is 14.8 Å². The smallest absolute Gasteiger partial charge is 0.321 e. The number of carbonyl (C=O) groups excluding carboxylic acids is 1. The number of piperidine rings is 1. The first-order chi connectivity index (χ1) is 14.7. The van der Waals surface area contributed by atoms with Crippen molar-refractivity contribution in [3.05, 3.63) is 40.9 Å². The zero-order valence-electron chi connectivity index (χ0n) is 17.0. The van der Waals surface area contributed by atoms with Gasteiger partial charge in [0, 0.05) is 42.2 Å². The van der Waals surface area contributed by atoms with Gasteiger partial charge in [-0.2, -0.15) is 16.3 Å². The molecule has 1 aliphatic rings. The summed E-state index contributed by atoms with van der Waals surface area (Å²) in [6.45, 7) is 1.37. The van der Waals surface area contributed by atoms with Crippen LogP contribution in [0.15, 0.2) is 39.5 Å². The van der Waals surface area contributed by atoms with E-state index in [0.717, 1.165) is 24.9 Å². The molecule has 1 atom stereocenters. The van der Waals surface area contributed by atoms with Gasteiger partial charge in [-0.3, -0.25) is 0 Å². The molecule has 1 saturated heterocycles. The largest absolute Gasteiger partial charge is 0.493 e. The molecular weight excluding hydrogens is 404 g/mol. The van der Waals surface area contributed by atoms with Crippen molar-refractivity contribution in [1.82, 2.24) is 15.0 Å². The first-order valence-electron chi connectivity index (χ1n) is 9.79. The van der Waals surface area contributed by atoms with E-state index >= 15 is 0 Å². The van der Waals surface area contributed by atoms with Crippen LogP contribution in [0.4, 0.5) is 10.5 Å². The Morgan fingerprint density at radius 2 is 2.17 bits per heavy atom. The van der Waals surface area contributed by atoms with Gasteiger partial charge in [0.25, 0.3) is 0 Å². The monoisotopic (exact) mass is 428 g/mol. The highest BCUT2D eigenvalue weighted by Gasteiger charge is 2.26. The highest BCUT2D eigenvalue weighted by Crippen LogP contribution is 2.30. The van der Waals surface area contributed by atoms with Crippen molar-refractivity contribution in [2.75, 3.05) is 32.6 Å². The van der Waals surface area contributed by atoms with E-state index in [1.807, 2.05) is 21.7 Å². The number of thiophene rings is 1. The molecule has 0 radical (unpaired) electrons. The summed E-state index contributed by atoms with van der Waals surface area (Å²) in [5.41, 5.74) is 1.63. The average molecular weight is 429 g/mol. The fraction of sp³-hybridized carbons (Fsp3) is 0.381. The molecule has 1 N–H and O–H groups in total. The molecule has 1 unspecified atom stereocenters. The first kappa shape index (κ1) is 20.2. The molecule has 3 aromatic rings. The number of aromatic nitrogens is 2. The summed E-state index contributed by atoms with van der Waals surface area (Å²) in [4.78, 5) is 19.1. The van der Waals surface area contributed by atoms with Gasteiger partial charge >= 0.3 is 6.03 Å². The Morgan fingerprint density at radius 1 is 1.30 bits per heavy atom. The zero-order chi connectivity index (χ0) is 20.9. The summed E-state index contributed by atoms with van der Waals surface area (Å²) in [6, 6.07) is 7.17. The molecule has 4 rings (SSSR count). The van der Waals surface area contributed by atoms with Crippen molar-refractivity contribution in [2.45, 2.75) is 19.3 Å². The van der Waals surface area contributed by atoms with Crippen LogP contribution in [0.25, 0.3) is 11.4 Å². The van der Waals surface area contributed by atoms with Crippen molar-refractivity contribution in [3.8, 4) is 22.9 Å². The van der Waals surface area contributed by atoms with E-state index < -0.39 is 0 Å². The minimum absolute atomic E-state index is 0.128. The predicted molar refractivity (Wildman–Crippen MR) is 114 cm³/mol. The second-order valence-corrected chi connectivity index (χ2v) is 7.96. The number of benzene rings is 1. The molecule has 8 nitrogen and oxygen atoms in total. The molecule has 0 saturated carbocycles. The second kappa shape index (κ2) is 9.17. The van der Waals surface area contributed by atoms with E-state index in [0.29, 0.717) is 41.9 Å². The maximum Gasteiger partial charge on any atom is 0.321 e. The lowest BCUT2D eigenvalue weighted by atomic mass is 9.95. The Labute approximate surface area is 178 Å². The molecule has 0 bridgehead atoms. The van der Waals surface area contributed by atoms with Gasteiger partial charge in [-0.05, 0) is 42.3 Å². The quantitative estimate of drug-likeness (QED) is 0.630. The molecule has 2 amide bonds. The Balaban J connectivity index is 1.36. The van der Waals surface area contributed by atoms with E-state index in [1.54, 1.807) is 43.8 Å². The molecule has 1 fully saturated rings. The molecule has 1 aromatic carbocycles. The number of urea groups is 1. The van der Waals surface area contributed by atoms with Crippen molar-refractivity contribution in [2.24, 2.45) is 5.92 Å². The average Bonchev–Trinajstić information content (AvgIpc) is 3.46. The van der Waals surface area contributed by atoms with Crippen LogP contribution in [0, 0.1) is 5.92 Å². The Kier molecular flexibility index (Phi) is 6.18. The number of nitrogens with one attached hydrogen (secondary N) is 1. The third-order valence-electron chi connectivity index (χ3n) is 5.15. The van der Waals surface area contributed by atoms with Gasteiger partial charge in [-0.25, -0.2) is 4.79 Å². The fourth-order valence-corrected chi connectivity index (χ4v) is 4.26. The summed E-state index contributed by atoms with van der Waals surface area (Å²) in [7, 11) is 3.15. The van der Waals surface area contributed by atoms with E-state index in [-0.39, 0.29) is 11.9 Å². The molecule has 2 aromatic heterocycles. The molecule has 1 aliphatic heterocycles. The lowest BCUT2D eigenvalue weighted by Gasteiger charge is -2.32. The number of hydrogen-bond donors (Lipinski definition) is 1. The molecular formula is C21H24N4O4S. The number of hydrogen-bond acceptors (Lipinski definition) is 7. The third-order valence-corrected chi connectivity index (χ3v) is 5.84. The SMILES string of the molecule is COc1ccc(NC(=O)N2CCCC(Cc3nc(-c4ccsc4)no3)C2)cc1OC. The standard InChI is InChI=1S/C21H24N4O4S/c1-27-17-6-5-16(11-18(17)28-2)22-21(26)25-8-3-4-14(12-25)10-19-23-20(24-29-19)15-7-9-30-13-15/h5-7,9,11,13-14H,3-4,8,10,12H2,1-2H3,(H,22,26). The summed E-state index contributed by atoms with van der Waals surface area (Å²) < 4.78 is 16.0. The normalized spacial score (nSPS) is 16.3. The highest BCUT2D eigenvalue weighted by molar-refractivity contribution is 7.08. The third kappa shape index (κ3) is 4.56. The maximum absolute atomic E-state index is 12.8. The van der Waals surface area contributed by atoms with Crippen LogP contribution in [0.2, 0.25) is 0 Å². The number of carbonyl (C=O) groups is 1. The van der Waals surface area contributed by atoms with Crippen LogP contribution in [0.1, 0.15) is 18.7 Å². The van der Waals surface area contributed by atoms with Gasteiger partial charge in [0.15, 0.2) is 11.5 Å². The van der Waals surface area contributed by atoms with Gasteiger partial charge in [0.05, 0.1) is 14.2 Å². The van der Waals surface area contributed by atoms with Gasteiger partial charge in [0.2, 0.25) is 11.7 Å². The number of likely N-dealkylation sites (tertiary alicyclic amines) is 1. The molecule has 3 heterocycles. The Hall–Kier alpha value is -3.07. The topological polar surface area (TPSA) is 89.7 Å². The van der Waals surface area contributed by atoms with Crippen molar-refractivity contribution < 1.29 is 18.8 Å².